The Morgan fingerprint density at radius 2 is 1.44 bits per heavy atom. The molecule has 3 saturated heterocycles. The third kappa shape index (κ3) is 7.09. The van der Waals surface area contributed by atoms with Gasteiger partial charge in [0.25, 0.3) is 0 Å². The lowest BCUT2D eigenvalue weighted by Gasteiger charge is -2.45. The van der Waals surface area contributed by atoms with Crippen LogP contribution in [0.3, 0.4) is 0 Å². The fourth-order valence-corrected chi connectivity index (χ4v) is 6.02. The zero-order valence-electron chi connectivity index (χ0n) is 27.0. The number of phenolic OH excluding ortho intramolecular Hbond substituents is 4. The highest BCUT2D eigenvalue weighted by Crippen LogP contribution is 2.40. The van der Waals surface area contributed by atoms with E-state index in [4.69, 9.17) is 32.8 Å². The first-order valence-electron chi connectivity index (χ1n) is 15.9. The van der Waals surface area contributed by atoms with Gasteiger partial charge in [-0.2, -0.15) is 0 Å². The Balaban J connectivity index is 1.39. The predicted molar refractivity (Wildman–Crippen MR) is 167 cm³/mol. The summed E-state index contributed by atoms with van der Waals surface area (Å²) in [5, 5.41) is 124. The smallest absolute Gasteiger partial charge is 0.239 e. The summed E-state index contributed by atoms with van der Waals surface area (Å²) in [6, 6.07) is 5.09. The summed E-state index contributed by atoms with van der Waals surface area (Å²) in [5.41, 5.74) is -1.54. The monoisotopic (exact) mass is 742 g/mol. The molecule has 0 aliphatic carbocycles. The van der Waals surface area contributed by atoms with Crippen LogP contribution in [-0.2, 0) is 23.7 Å². The Kier molecular flexibility index (Phi) is 10.8. The number of hydrogen-bond donors (Lipinski definition) is 12. The van der Waals surface area contributed by atoms with Crippen LogP contribution in [0.4, 0.5) is 0 Å². The van der Waals surface area contributed by atoms with Gasteiger partial charge in [-0.3, -0.25) is 4.79 Å². The van der Waals surface area contributed by atoms with Crippen molar-refractivity contribution in [2.24, 2.45) is 0 Å². The van der Waals surface area contributed by atoms with Crippen LogP contribution in [0, 0.1) is 0 Å². The number of ether oxygens (including phenoxy) is 6. The van der Waals surface area contributed by atoms with Gasteiger partial charge in [0.2, 0.25) is 17.5 Å². The van der Waals surface area contributed by atoms with Crippen LogP contribution in [-0.4, -0.2) is 161 Å². The van der Waals surface area contributed by atoms with Crippen LogP contribution < -0.4 is 10.2 Å². The molecule has 52 heavy (non-hydrogen) atoms. The lowest BCUT2D eigenvalue weighted by atomic mass is 9.98. The van der Waals surface area contributed by atoms with Gasteiger partial charge in [0.1, 0.15) is 77.4 Å². The third-order valence-corrected chi connectivity index (χ3v) is 9.01. The van der Waals surface area contributed by atoms with Gasteiger partial charge >= 0.3 is 0 Å². The standard InChI is InChI=1S/C32H38O20/c1-9-19(38)23(42)26(45)30(48-9)47-8-17-21(40)24(43)29(52-31-25(44)20(39)15(37)7-46-31)32(50-17)51-28-22(41)18-14(36)5-11(33)6-16(18)49-27(28)10-2-3-12(34)13(35)4-10/h2-6,9,15,17,19-21,23-26,29-40,42-45H,7-8H2,1H3/t9-,15+,17-,19+,20+,21-,23+,24+,25+,26-,29+,30-,31+,32+/m1/s1. The van der Waals surface area contributed by atoms with E-state index in [9.17, 15) is 66.1 Å². The largest absolute Gasteiger partial charge is 0.508 e. The Labute approximate surface area is 292 Å². The molecule has 3 aliphatic heterocycles. The first-order chi connectivity index (χ1) is 24.6. The highest BCUT2D eigenvalue weighted by molar-refractivity contribution is 5.88. The Morgan fingerprint density at radius 3 is 2.15 bits per heavy atom. The molecule has 1 aromatic heterocycles. The molecule has 3 fully saturated rings. The molecule has 0 radical (unpaired) electrons. The summed E-state index contributed by atoms with van der Waals surface area (Å²) in [6.07, 6.45) is -23.9. The van der Waals surface area contributed by atoms with Crippen molar-refractivity contribution in [3.05, 3.63) is 40.6 Å². The van der Waals surface area contributed by atoms with Gasteiger partial charge in [0.15, 0.2) is 35.9 Å². The molecule has 6 rings (SSSR count). The molecule has 20 heteroatoms. The molecule has 4 heterocycles. The van der Waals surface area contributed by atoms with E-state index in [2.05, 4.69) is 0 Å². The Hall–Kier alpha value is -3.87. The van der Waals surface area contributed by atoms with Crippen LogP contribution >= 0.6 is 0 Å². The topological polar surface area (TPSA) is 328 Å². The van der Waals surface area contributed by atoms with Crippen LogP contribution in [0.2, 0.25) is 0 Å². The first kappa shape index (κ1) is 37.9. The molecule has 0 unspecified atom stereocenters. The number of rotatable bonds is 8. The average Bonchev–Trinajstić information content (AvgIpc) is 3.10. The second-order valence-electron chi connectivity index (χ2n) is 12.6. The number of benzene rings is 2. The minimum atomic E-state index is -2.03. The molecule has 0 bridgehead atoms. The molecule has 3 aromatic rings. The van der Waals surface area contributed by atoms with Crippen molar-refractivity contribution in [2.75, 3.05) is 13.2 Å². The molecule has 14 atom stereocenters. The predicted octanol–water partition coefficient (Wildman–Crippen LogP) is -3.22. The minimum absolute atomic E-state index is 0.0951. The molecular formula is C32H38O20. The fraction of sp³-hybridized carbons (Fsp3) is 0.531. The highest BCUT2D eigenvalue weighted by Gasteiger charge is 2.51. The van der Waals surface area contributed by atoms with Crippen LogP contribution in [0.15, 0.2) is 39.5 Å². The van der Waals surface area contributed by atoms with E-state index in [0.717, 1.165) is 24.3 Å². The van der Waals surface area contributed by atoms with Crippen LogP contribution in [0.1, 0.15) is 6.92 Å². The highest BCUT2D eigenvalue weighted by atomic mass is 16.8. The lowest BCUT2D eigenvalue weighted by Crippen LogP contribution is -2.64. The van der Waals surface area contributed by atoms with Crippen molar-refractivity contribution in [1.29, 1.82) is 0 Å². The maximum absolute atomic E-state index is 14.0. The van der Waals surface area contributed by atoms with Gasteiger partial charge in [-0.1, -0.05) is 0 Å². The Morgan fingerprint density at radius 1 is 0.731 bits per heavy atom. The summed E-state index contributed by atoms with van der Waals surface area (Å²) in [6.45, 7) is 0.171. The number of fused-ring (bicyclic) bond motifs is 1. The average molecular weight is 743 g/mol. The summed E-state index contributed by atoms with van der Waals surface area (Å²) < 4.78 is 39.7. The van der Waals surface area contributed by atoms with Gasteiger partial charge in [-0.25, -0.2) is 0 Å². The molecule has 0 saturated carbocycles. The number of phenols is 4. The van der Waals surface area contributed by atoms with E-state index in [1.165, 1.54) is 13.0 Å². The van der Waals surface area contributed by atoms with Crippen molar-refractivity contribution < 1.29 is 94.1 Å². The molecule has 12 N–H and O–H groups in total. The van der Waals surface area contributed by atoms with Crippen molar-refractivity contribution in [3.63, 3.8) is 0 Å². The normalized spacial score (nSPS) is 36.9. The summed E-state index contributed by atoms with van der Waals surface area (Å²) in [7, 11) is 0. The molecule has 2 aromatic carbocycles. The molecule has 20 nitrogen and oxygen atoms in total. The van der Waals surface area contributed by atoms with Gasteiger partial charge < -0.3 is 94.1 Å². The van der Waals surface area contributed by atoms with Gasteiger partial charge in [0.05, 0.1) is 19.3 Å². The Bertz CT molecular complexity index is 1800. The maximum Gasteiger partial charge on any atom is 0.239 e. The third-order valence-electron chi connectivity index (χ3n) is 9.01. The summed E-state index contributed by atoms with van der Waals surface area (Å²) in [5.74, 6) is -3.67. The van der Waals surface area contributed by atoms with Gasteiger partial charge in [0, 0.05) is 17.7 Å². The second kappa shape index (κ2) is 14.9. The van der Waals surface area contributed by atoms with Crippen molar-refractivity contribution in [1.82, 2.24) is 0 Å². The van der Waals surface area contributed by atoms with Crippen molar-refractivity contribution >= 4 is 11.0 Å². The first-order valence-corrected chi connectivity index (χ1v) is 15.9. The quantitative estimate of drug-likeness (QED) is 0.101. The van der Waals surface area contributed by atoms with E-state index in [0.29, 0.717) is 0 Å². The van der Waals surface area contributed by atoms with E-state index in [1.54, 1.807) is 0 Å². The second-order valence-corrected chi connectivity index (χ2v) is 12.6. The number of aromatic hydroxyl groups is 4. The maximum atomic E-state index is 14.0. The molecule has 3 aliphatic rings. The SMILES string of the molecule is C[C@H]1O[C@@H](OC[C@H]2O[C@@H](Oc3c(-c4ccc(O)c(O)c4)oc4cc(O)cc(O)c4c3=O)[C@@H](O[C@@H]3OC[C@H](O)[C@H](O)[C@@H]3O)[C@@H](O)[C@@H]2O)[C@H](O)[C@@H](O)[C@H]1O. The summed E-state index contributed by atoms with van der Waals surface area (Å²) in [4.78, 5) is 14.0. The zero-order chi connectivity index (χ0) is 37.8. The molecule has 0 spiro atoms. The van der Waals surface area contributed by atoms with Crippen molar-refractivity contribution in [2.45, 2.75) is 92.9 Å². The minimum Gasteiger partial charge on any atom is -0.508 e. The van der Waals surface area contributed by atoms with Gasteiger partial charge in [-0.15, -0.1) is 0 Å². The van der Waals surface area contributed by atoms with E-state index in [1.807, 2.05) is 0 Å². The molecular weight excluding hydrogens is 704 g/mol. The fourth-order valence-electron chi connectivity index (χ4n) is 6.02. The molecule has 286 valence electrons. The van der Waals surface area contributed by atoms with E-state index >= 15 is 0 Å². The van der Waals surface area contributed by atoms with Crippen LogP contribution in [0.5, 0.6) is 28.7 Å². The lowest BCUT2D eigenvalue weighted by molar-refractivity contribution is -0.352. The number of aliphatic hydroxyl groups is 8. The van der Waals surface area contributed by atoms with E-state index < -0.39 is 145 Å². The van der Waals surface area contributed by atoms with Crippen molar-refractivity contribution in [3.8, 4) is 40.1 Å². The zero-order valence-corrected chi connectivity index (χ0v) is 27.0. The molecule has 0 amide bonds. The van der Waals surface area contributed by atoms with E-state index in [-0.39, 0.29) is 11.1 Å². The summed E-state index contributed by atoms with van der Waals surface area (Å²) >= 11 is 0. The number of hydrogen-bond acceptors (Lipinski definition) is 20. The van der Waals surface area contributed by atoms with Crippen LogP contribution in [0.25, 0.3) is 22.3 Å². The number of aliphatic hydroxyl groups excluding tert-OH is 8. The van der Waals surface area contributed by atoms with Gasteiger partial charge in [-0.05, 0) is 25.1 Å².